The van der Waals surface area contributed by atoms with Crippen LogP contribution in [0.15, 0.2) is 65.1 Å². The number of oxazole rings is 1. The number of nitrogens with zero attached hydrogens (tertiary/aromatic N) is 3. The Bertz CT molecular complexity index is 1400. The van der Waals surface area contributed by atoms with Crippen molar-refractivity contribution < 1.29 is 18.5 Å². The molecule has 3 aromatic carbocycles. The number of nitro benzene ring substituents is 1. The summed E-state index contributed by atoms with van der Waals surface area (Å²) in [5, 5.41) is 11.1. The van der Waals surface area contributed by atoms with Gasteiger partial charge in [-0.2, -0.15) is 0 Å². The van der Waals surface area contributed by atoms with Gasteiger partial charge in [-0.3, -0.25) is 14.9 Å². The molecule has 1 atom stereocenters. The fourth-order valence-electron chi connectivity index (χ4n) is 4.28. The first kappa shape index (κ1) is 20.8. The fraction of sp³-hybridized carbons (Fsp3) is 0.200. The number of fused-ring (bicyclic) bond motifs is 1. The highest BCUT2D eigenvalue weighted by molar-refractivity contribution is 5.95. The number of amides is 1. The molecule has 0 radical (unpaired) electrons. The van der Waals surface area contributed by atoms with Gasteiger partial charge >= 0.3 is 0 Å². The monoisotopic (exact) mass is 445 g/mol. The number of hydrogen-bond donors (Lipinski definition) is 0. The maximum Gasteiger partial charge on any atom is 0.270 e. The van der Waals surface area contributed by atoms with Crippen LogP contribution in [0.4, 0.5) is 10.1 Å². The second kappa shape index (κ2) is 8.12. The first-order valence-electron chi connectivity index (χ1n) is 10.6. The van der Waals surface area contributed by atoms with Crippen LogP contribution in [0.3, 0.4) is 0 Å². The van der Waals surface area contributed by atoms with E-state index in [2.05, 4.69) is 4.98 Å². The molecule has 0 bridgehead atoms. The van der Waals surface area contributed by atoms with Gasteiger partial charge in [0.25, 0.3) is 11.6 Å². The topological polar surface area (TPSA) is 89.5 Å². The maximum atomic E-state index is 13.6. The number of carbonyl (C=O) groups excluding carboxylic acids is 1. The van der Waals surface area contributed by atoms with E-state index in [4.69, 9.17) is 4.42 Å². The number of carbonyl (C=O) groups is 1. The fourth-order valence-corrected chi connectivity index (χ4v) is 4.28. The average molecular weight is 445 g/mol. The van der Waals surface area contributed by atoms with E-state index < -0.39 is 4.92 Å². The molecule has 1 amide bonds. The number of hydrogen-bond acceptors (Lipinski definition) is 5. The summed E-state index contributed by atoms with van der Waals surface area (Å²) < 4.78 is 19.6. The zero-order chi connectivity index (χ0) is 23.1. The van der Waals surface area contributed by atoms with E-state index in [1.165, 1.54) is 24.3 Å². The van der Waals surface area contributed by atoms with Gasteiger partial charge in [-0.25, -0.2) is 9.37 Å². The zero-order valence-electron chi connectivity index (χ0n) is 17.8. The Balaban J connectivity index is 1.45. The van der Waals surface area contributed by atoms with Crippen molar-refractivity contribution in [3.63, 3.8) is 0 Å². The molecular weight excluding hydrogens is 425 g/mol. The number of aryl methyl sites for hydroxylation is 1. The molecule has 33 heavy (non-hydrogen) atoms. The molecule has 4 aromatic rings. The molecule has 0 unspecified atom stereocenters. The highest BCUT2D eigenvalue weighted by Gasteiger charge is 2.34. The van der Waals surface area contributed by atoms with Crippen LogP contribution < -0.4 is 0 Å². The lowest BCUT2D eigenvalue weighted by atomic mass is 10.0. The Morgan fingerprint density at radius 2 is 1.94 bits per heavy atom. The highest BCUT2D eigenvalue weighted by Crippen LogP contribution is 2.35. The lowest BCUT2D eigenvalue weighted by Crippen LogP contribution is -2.30. The number of aromatic nitrogens is 1. The van der Waals surface area contributed by atoms with Crippen LogP contribution in [-0.2, 0) is 0 Å². The summed E-state index contributed by atoms with van der Waals surface area (Å²) in [7, 11) is 0. The van der Waals surface area contributed by atoms with E-state index in [0.717, 1.165) is 17.5 Å². The predicted molar refractivity (Wildman–Crippen MR) is 120 cm³/mol. The summed E-state index contributed by atoms with van der Waals surface area (Å²) in [4.78, 5) is 30.0. The van der Waals surface area contributed by atoms with Gasteiger partial charge in [-0.1, -0.05) is 18.2 Å². The molecule has 0 N–H and O–H groups in total. The molecule has 1 aromatic heterocycles. The van der Waals surface area contributed by atoms with E-state index >= 15 is 0 Å². The van der Waals surface area contributed by atoms with Crippen LogP contribution in [-0.4, -0.2) is 27.3 Å². The van der Waals surface area contributed by atoms with Gasteiger partial charge in [0.1, 0.15) is 17.4 Å². The van der Waals surface area contributed by atoms with Crippen molar-refractivity contribution in [3.05, 3.63) is 93.6 Å². The smallest absolute Gasteiger partial charge is 0.270 e. The van der Waals surface area contributed by atoms with Gasteiger partial charge in [0, 0.05) is 24.2 Å². The highest BCUT2D eigenvalue weighted by atomic mass is 19.1. The second-order valence-electron chi connectivity index (χ2n) is 8.16. The van der Waals surface area contributed by atoms with Gasteiger partial charge in [-0.15, -0.1) is 0 Å². The third-order valence-corrected chi connectivity index (χ3v) is 6.00. The van der Waals surface area contributed by atoms with Crippen LogP contribution in [0, 0.1) is 22.9 Å². The minimum absolute atomic E-state index is 0.123. The minimum Gasteiger partial charge on any atom is -0.438 e. The van der Waals surface area contributed by atoms with E-state index in [1.807, 2.05) is 18.2 Å². The summed E-state index contributed by atoms with van der Waals surface area (Å²) in [6.07, 6.45) is 1.47. The van der Waals surface area contributed by atoms with Gasteiger partial charge in [-0.05, 0) is 66.8 Å². The van der Waals surface area contributed by atoms with Crippen LogP contribution in [0.2, 0.25) is 0 Å². The SMILES string of the molecule is Cc1cc(-c2ccc3oc([C@H]4CCCN4C(=O)c4cccc([N+](=O)[O-])c4)nc3c2)ccc1F. The molecule has 2 heterocycles. The van der Waals surface area contributed by atoms with Gasteiger partial charge in [0.15, 0.2) is 5.58 Å². The Hall–Kier alpha value is -4.07. The zero-order valence-corrected chi connectivity index (χ0v) is 17.8. The van der Waals surface area contributed by atoms with Crippen LogP contribution in [0.1, 0.15) is 40.7 Å². The Morgan fingerprint density at radius 1 is 1.15 bits per heavy atom. The van der Waals surface area contributed by atoms with Crippen molar-refractivity contribution in [2.24, 2.45) is 0 Å². The van der Waals surface area contributed by atoms with E-state index in [9.17, 15) is 19.3 Å². The summed E-state index contributed by atoms with van der Waals surface area (Å²) in [5.74, 6) is -0.0991. The molecular formula is C25H20FN3O4. The summed E-state index contributed by atoms with van der Waals surface area (Å²) in [6, 6.07) is 15.9. The van der Waals surface area contributed by atoms with Crippen LogP contribution in [0.5, 0.6) is 0 Å². The number of nitro groups is 1. The number of benzene rings is 3. The van der Waals surface area contributed by atoms with Crippen molar-refractivity contribution >= 4 is 22.7 Å². The Morgan fingerprint density at radius 3 is 2.73 bits per heavy atom. The van der Waals surface area contributed by atoms with Crippen LogP contribution >= 0.6 is 0 Å². The lowest BCUT2D eigenvalue weighted by Gasteiger charge is -2.22. The van der Waals surface area contributed by atoms with Crippen molar-refractivity contribution in [3.8, 4) is 11.1 Å². The number of non-ortho nitro benzene ring substituents is 1. The maximum absolute atomic E-state index is 13.6. The quantitative estimate of drug-likeness (QED) is 0.291. The molecule has 1 fully saturated rings. The van der Waals surface area contributed by atoms with E-state index in [-0.39, 0.29) is 29.0 Å². The number of likely N-dealkylation sites (tertiary alicyclic amines) is 1. The van der Waals surface area contributed by atoms with Crippen molar-refractivity contribution in [1.82, 2.24) is 9.88 Å². The average Bonchev–Trinajstić information content (AvgIpc) is 3.47. The molecule has 0 aliphatic carbocycles. The van der Waals surface area contributed by atoms with Crippen molar-refractivity contribution in [2.75, 3.05) is 6.54 Å². The molecule has 5 rings (SSSR count). The number of halogens is 1. The van der Waals surface area contributed by atoms with Crippen LogP contribution in [0.25, 0.3) is 22.2 Å². The molecule has 0 spiro atoms. The molecule has 1 aliphatic heterocycles. The second-order valence-corrected chi connectivity index (χ2v) is 8.16. The van der Waals surface area contributed by atoms with E-state index in [1.54, 1.807) is 30.0 Å². The van der Waals surface area contributed by atoms with E-state index in [0.29, 0.717) is 35.5 Å². The summed E-state index contributed by atoms with van der Waals surface area (Å²) in [5.41, 5.74) is 3.73. The molecule has 1 aliphatic rings. The Labute approximate surface area is 188 Å². The third kappa shape index (κ3) is 3.84. The molecule has 0 saturated carbocycles. The molecule has 166 valence electrons. The van der Waals surface area contributed by atoms with Crippen molar-refractivity contribution in [2.45, 2.75) is 25.8 Å². The van der Waals surface area contributed by atoms with Gasteiger partial charge < -0.3 is 9.32 Å². The number of rotatable bonds is 4. The first-order valence-corrected chi connectivity index (χ1v) is 10.6. The van der Waals surface area contributed by atoms with Gasteiger partial charge in [0.05, 0.1) is 4.92 Å². The standard InChI is InChI=1S/C25H20FN3O4/c1-15-12-16(7-9-20(15)26)17-8-10-23-21(14-17)27-24(33-23)22-6-3-11-28(22)25(30)18-4-2-5-19(13-18)29(31)32/h2,4-5,7-10,12-14,22H,3,6,11H2,1H3/t22-/m1/s1. The molecule has 8 heteroatoms. The van der Waals surface area contributed by atoms with Crippen molar-refractivity contribution in [1.29, 1.82) is 0 Å². The molecule has 7 nitrogen and oxygen atoms in total. The normalized spacial score (nSPS) is 15.8. The summed E-state index contributed by atoms with van der Waals surface area (Å²) in [6.45, 7) is 2.24. The summed E-state index contributed by atoms with van der Waals surface area (Å²) >= 11 is 0. The lowest BCUT2D eigenvalue weighted by molar-refractivity contribution is -0.384. The molecule has 1 saturated heterocycles. The predicted octanol–water partition coefficient (Wildman–Crippen LogP) is 5.83. The first-order chi connectivity index (χ1) is 15.9. The third-order valence-electron chi connectivity index (χ3n) is 6.00. The minimum atomic E-state index is -0.515. The largest absolute Gasteiger partial charge is 0.438 e. The van der Waals surface area contributed by atoms with Gasteiger partial charge in [0.2, 0.25) is 5.89 Å². The Kier molecular flexibility index (Phi) is 5.12.